The fraction of sp³-hybridized carbons (Fsp3) is 0.158. The van der Waals surface area contributed by atoms with Crippen LogP contribution in [0.4, 0.5) is 14.5 Å². The zero-order valence-corrected chi connectivity index (χ0v) is 14.9. The topological polar surface area (TPSA) is 90.3 Å². The second-order valence-corrected chi connectivity index (χ2v) is 5.96. The molecule has 1 unspecified atom stereocenters. The van der Waals surface area contributed by atoms with Gasteiger partial charge in [-0.15, -0.1) is 0 Å². The van der Waals surface area contributed by atoms with E-state index in [4.69, 9.17) is 4.74 Å². The Morgan fingerprint density at radius 1 is 1.07 bits per heavy atom. The van der Waals surface area contributed by atoms with Crippen molar-refractivity contribution in [1.82, 2.24) is 9.78 Å². The second kappa shape index (κ2) is 7.55. The molecule has 1 atom stereocenters. The zero-order chi connectivity index (χ0) is 20.4. The molecular formula is C19H15F2N3O4. The van der Waals surface area contributed by atoms with Crippen LogP contribution in [0, 0.1) is 11.6 Å². The molecule has 0 aliphatic rings. The summed E-state index contributed by atoms with van der Waals surface area (Å²) in [5, 5.41) is 6.48. The highest BCUT2D eigenvalue weighted by atomic mass is 19.1. The van der Waals surface area contributed by atoms with Gasteiger partial charge in [-0.3, -0.25) is 9.59 Å². The molecule has 0 saturated carbocycles. The highest BCUT2D eigenvalue weighted by Gasteiger charge is 2.24. The van der Waals surface area contributed by atoms with Gasteiger partial charge in [-0.05, 0) is 25.1 Å². The third-order valence-corrected chi connectivity index (χ3v) is 4.01. The number of aromatic nitrogens is 2. The highest BCUT2D eigenvalue weighted by Crippen LogP contribution is 2.19. The predicted molar refractivity (Wildman–Crippen MR) is 96.8 cm³/mol. The van der Waals surface area contributed by atoms with Crippen LogP contribution in [-0.2, 0) is 16.6 Å². The summed E-state index contributed by atoms with van der Waals surface area (Å²) in [6.45, 7) is 1.25. The first-order chi connectivity index (χ1) is 13.3. The molecule has 1 amide bonds. The highest BCUT2D eigenvalue weighted by molar-refractivity contribution is 6.03. The third kappa shape index (κ3) is 3.59. The van der Waals surface area contributed by atoms with Crippen molar-refractivity contribution >= 4 is 28.3 Å². The molecule has 1 aromatic heterocycles. The molecule has 0 radical (unpaired) electrons. The molecule has 3 rings (SSSR count). The van der Waals surface area contributed by atoms with Gasteiger partial charge >= 0.3 is 5.97 Å². The lowest BCUT2D eigenvalue weighted by Crippen LogP contribution is -2.32. The van der Waals surface area contributed by atoms with Gasteiger partial charge in [-0.1, -0.05) is 24.3 Å². The number of halogens is 2. The molecule has 144 valence electrons. The normalized spacial score (nSPS) is 11.9. The predicted octanol–water partition coefficient (Wildman–Crippen LogP) is 2.40. The molecule has 28 heavy (non-hydrogen) atoms. The summed E-state index contributed by atoms with van der Waals surface area (Å²) in [6.07, 6.45) is -1.37. The van der Waals surface area contributed by atoms with E-state index in [9.17, 15) is 23.2 Å². The van der Waals surface area contributed by atoms with Crippen molar-refractivity contribution in [2.45, 2.75) is 13.0 Å². The fourth-order valence-electron chi connectivity index (χ4n) is 2.56. The van der Waals surface area contributed by atoms with Crippen molar-refractivity contribution in [3.63, 3.8) is 0 Å². The van der Waals surface area contributed by atoms with Crippen molar-refractivity contribution in [2.24, 2.45) is 7.05 Å². The lowest BCUT2D eigenvalue weighted by Gasteiger charge is -2.15. The Labute approximate surface area is 157 Å². The molecule has 2 aromatic carbocycles. The first kappa shape index (κ1) is 19.2. The number of rotatable bonds is 4. The number of esters is 1. The van der Waals surface area contributed by atoms with Crippen LogP contribution >= 0.6 is 0 Å². The van der Waals surface area contributed by atoms with Crippen molar-refractivity contribution < 1.29 is 23.1 Å². The summed E-state index contributed by atoms with van der Waals surface area (Å²) in [5.74, 6) is -3.80. The second-order valence-electron chi connectivity index (χ2n) is 5.96. The minimum Gasteiger partial charge on any atom is -0.448 e. The quantitative estimate of drug-likeness (QED) is 0.695. The van der Waals surface area contributed by atoms with Crippen LogP contribution in [0.25, 0.3) is 10.8 Å². The number of hydrogen-bond donors (Lipinski definition) is 1. The minimum absolute atomic E-state index is 0.158. The minimum atomic E-state index is -1.37. The molecule has 0 saturated heterocycles. The third-order valence-electron chi connectivity index (χ3n) is 4.01. The molecule has 3 aromatic rings. The van der Waals surface area contributed by atoms with Crippen LogP contribution in [0.15, 0.2) is 47.3 Å². The molecule has 9 heteroatoms. The van der Waals surface area contributed by atoms with E-state index in [2.05, 4.69) is 10.4 Å². The maximum absolute atomic E-state index is 13.7. The van der Waals surface area contributed by atoms with Crippen LogP contribution in [0.2, 0.25) is 0 Å². The van der Waals surface area contributed by atoms with Gasteiger partial charge in [0.15, 0.2) is 11.8 Å². The van der Waals surface area contributed by atoms with Crippen molar-refractivity contribution in [3.05, 3.63) is 70.1 Å². The zero-order valence-electron chi connectivity index (χ0n) is 14.9. The number of nitrogens with one attached hydrogen (secondary N) is 1. The van der Waals surface area contributed by atoms with E-state index in [1.165, 1.54) is 26.1 Å². The standard InChI is InChI=1S/C19H15F2N3O4/c1-10(17(25)22-16-13(20)8-5-9-14(16)21)28-19(27)15-11-6-3-4-7-12(11)18(26)24(2)23-15/h3-10H,1-2H3,(H,22,25). The number of para-hydroxylation sites is 1. The van der Waals surface area contributed by atoms with Crippen LogP contribution in [0.1, 0.15) is 17.4 Å². The lowest BCUT2D eigenvalue weighted by atomic mass is 10.1. The number of ether oxygens (including phenoxy) is 1. The first-order valence-electron chi connectivity index (χ1n) is 8.21. The van der Waals surface area contributed by atoms with Crippen LogP contribution in [-0.4, -0.2) is 27.8 Å². The number of anilines is 1. The SMILES string of the molecule is CC(OC(=O)c1nn(C)c(=O)c2ccccc12)C(=O)Nc1c(F)cccc1F. The molecular weight excluding hydrogens is 372 g/mol. The maximum atomic E-state index is 13.7. The Morgan fingerprint density at radius 2 is 1.68 bits per heavy atom. The first-order valence-corrected chi connectivity index (χ1v) is 8.21. The molecule has 0 aliphatic carbocycles. The molecule has 1 heterocycles. The van der Waals surface area contributed by atoms with E-state index in [1.54, 1.807) is 12.1 Å². The number of nitrogens with zero attached hydrogens (tertiary/aromatic N) is 2. The maximum Gasteiger partial charge on any atom is 0.360 e. The number of fused-ring (bicyclic) bond motifs is 1. The average molecular weight is 387 g/mol. The van der Waals surface area contributed by atoms with Crippen LogP contribution < -0.4 is 10.9 Å². The molecule has 1 N–H and O–H groups in total. The van der Waals surface area contributed by atoms with E-state index < -0.39 is 40.9 Å². The molecule has 7 nitrogen and oxygen atoms in total. The molecule has 0 aliphatic heterocycles. The number of amides is 1. The van der Waals surface area contributed by atoms with Crippen molar-refractivity contribution in [2.75, 3.05) is 5.32 Å². The summed E-state index contributed by atoms with van der Waals surface area (Å²) in [7, 11) is 1.38. The van der Waals surface area contributed by atoms with Gasteiger partial charge in [0.1, 0.15) is 17.3 Å². The smallest absolute Gasteiger partial charge is 0.360 e. The van der Waals surface area contributed by atoms with Gasteiger partial charge in [0.25, 0.3) is 11.5 Å². The largest absolute Gasteiger partial charge is 0.448 e. The summed E-state index contributed by atoms with van der Waals surface area (Å²) in [6, 6.07) is 9.44. The number of benzene rings is 2. The van der Waals surface area contributed by atoms with Gasteiger partial charge in [0.2, 0.25) is 0 Å². The number of carbonyl (C=O) groups is 2. The number of hydrogen-bond acceptors (Lipinski definition) is 5. The van der Waals surface area contributed by atoms with Crippen LogP contribution in [0.3, 0.4) is 0 Å². The van der Waals surface area contributed by atoms with E-state index in [-0.39, 0.29) is 16.5 Å². The summed E-state index contributed by atoms with van der Waals surface area (Å²) < 4.78 is 33.4. The van der Waals surface area contributed by atoms with Gasteiger partial charge in [-0.25, -0.2) is 18.3 Å². The summed E-state index contributed by atoms with van der Waals surface area (Å²) >= 11 is 0. The number of carbonyl (C=O) groups excluding carboxylic acids is 2. The van der Waals surface area contributed by atoms with E-state index in [0.29, 0.717) is 0 Å². The van der Waals surface area contributed by atoms with Gasteiger partial charge < -0.3 is 10.1 Å². The summed E-state index contributed by atoms with van der Waals surface area (Å²) in [4.78, 5) is 36.8. The van der Waals surface area contributed by atoms with Crippen molar-refractivity contribution in [3.8, 4) is 0 Å². The Hall–Kier alpha value is -3.62. The lowest BCUT2D eigenvalue weighted by molar-refractivity contribution is -0.123. The van der Waals surface area contributed by atoms with Crippen molar-refractivity contribution in [1.29, 1.82) is 0 Å². The molecule has 0 fully saturated rings. The van der Waals surface area contributed by atoms with Gasteiger partial charge in [0, 0.05) is 12.4 Å². The van der Waals surface area contributed by atoms with E-state index in [1.807, 2.05) is 0 Å². The fourth-order valence-corrected chi connectivity index (χ4v) is 2.56. The molecule has 0 spiro atoms. The monoisotopic (exact) mass is 387 g/mol. The van der Waals surface area contributed by atoms with Crippen LogP contribution in [0.5, 0.6) is 0 Å². The average Bonchev–Trinajstić information content (AvgIpc) is 2.67. The number of aryl methyl sites for hydroxylation is 1. The molecule has 0 bridgehead atoms. The van der Waals surface area contributed by atoms with Gasteiger partial charge in [-0.2, -0.15) is 5.10 Å². The summed E-state index contributed by atoms with van der Waals surface area (Å²) in [5.41, 5.74) is -1.19. The van der Waals surface area contributed by atoms with Gasteiger partial charge in [0.05, 0.1) is 5.39 Å². The Kier molecular flexibility index (Phi) is 5.16. The Balaban J connectivity index is 1.83. The van der Waals surface area contributed by atoms with E-state index in [0.717, 1.165) is 22.9 Å². The Bertz CT molecular complexity index is 1120. The van der Waals surface area contributed by atoms with E-state index >= 15 is 0 Å². The Morgan fingerprint density at radius 3 is 2.32 bits per heavy atom.